The smallest absolute Gasteiger partial charge is 0.276 e. The Balaban J connectivity index is 1.36. The molecule has 5 rings (SSSR count). The molecule has 0 spiro atoms. The molecular formula is C36H27ClN4O5S. The van der Waals surface area contributed by atoms with Crippen LogP contribution in [0.3, 0.4) is 0 Å². The van der Waals surface area contributed by atoms with E-state index in [9.17, 15) is 24.5 Å². The molecule has 9 nitrogen and oxygen atoms in total. The third-order valence-electron chi connectivity index (χ3n) is 6.76. The summed E-state index contributed by atoms with van der Waals surface area (Å²) >= 11 is 7.43. The number of nitrogens with one attached hydrogen (secondary N) is 3. The summed E-state index contributed by atoms with van der Waals surface area (Å²) in [5.74, 6) is -1.48. The van der Waals surface area contributed by atoms with Gasteiger partial charge in [-0.3, -0.25) is 24.5 Å². The number of amides is 3. The Hall–Kier alpha value is -5.71. The first-order valence-corrected chi connectivity index (χ1v) is 15.5. The van der Waals surface area contributed by atoms with Crippen LogP contribution in [0.2, 0.25) is 5.02 Å². The first-order valence-electron chi connectivity index (χ1n) is 14.3. The highest BCUT2D eigenvalue weighted by molar-refractivity contribution is 8.00. The molecule has 0 fully saturated rings. The number of carbonyl (C=O) groups is 3. The lowest BCUT2D eigenvalue weighted by Gasteiger charge is -2.18. The van der Waals surface area contributed by atoms with Crippen molar-refractivity contribution in [3.8, 4) is 0 Å². The van der Waals surface area contributed by atoms with Gasteiger partial charge in [-0.15, -0.1) is 11.8 Å². The minimum atomic E-state index is -0.684. The van der Waals surface area contributed by atoms with Crippen LogP contribution >= 0.6 is 23.4 Å². The largest absolute Gasteiger partial charge is 0.325 e. The second-order valence-corrected chi connectivity index (χ2v) is 11.7. The minimum Gasteiger partial charge on any atom is -0.325 e. The summed E-state index contributed by atoms with van der Waals surface area (Å²) in [6.07, 6.45) is 1.27. The van der Waals surface area contributed by atoms with E-state index in [4.69, 9.17) is 11.6 Å². The van der Waals surface area contributed by atoms with Crippen LogP contribution in [0.25, 0.3) is 6.08 Å². The summed E-state index contributed by atoms with van der Waals surface area (Å²) in [5.41, 5.74) is 1.82. The Labute approximate surface area is 279 Å². The topological polar surface area (TPSA) is 130 Å². The maximum Gasteiger partial charge on any atom is 0.276 e. The van der Waals surface area contributed by atoms with E-state index >= 15 is 0 Å². The zero-order chi connectivity index (χ0) is 33.2. The molecule has 3 N–H and O–H groups in total. The average Bonchev–Trinajstić information content (AvgIpc) is 3.08. The van der Waals surface area contributed by atoms with Gasteiger partial charge in [-0.1, -0.05) is 78.3 Å². The number of thioether (sulfide) groups is 1. The van der Waals surface area contributed by atoms with Crippen LogP contribution in [-0.4, -0.2) is 22.6 Å². The van der Waals surface area contributed by atoms with Crippen molar-refractivity contribution < 1.29 is 19.3 Å². The van der Waals surface area contributed by atoms with Crippen LogP contribution < -0.4 is 16.0 Å². The molecule has 0 aliphatic rings. The molecule has 5 aromatic carbocycles. The highest BCUT2D eigenvalue weighted by atomic mass is 35.5. The Kier molecular flexibility index (Phi) is 10.8. The van der Waals surface area contributed by atoms with Crippen molar-refractivity contribution in [2.24, 2.45) is 0 Å². The van der Waals surface area contributed by atoms with Crippen molar-refractivity contribution in [3.05, 3.63) is 171 Å². The first kappa shape index (κ1) is 32.7. The fourth-order valence-electron chi connectivity index (χ4n) is 4.50. The molecule has 0 aliphatic carbocycles. The van der Waals surface area contributed by atoms with E-state index in [0.29, 0.717) is 22.0 Å². The average molecular weight is 663 g/mol. The van der Waals surface area contributed by atoms with E-state index < -0.39 is 22.0 Å². The number of hydrogen-bond acceptors (Lipinski definition) is 6. The quantitative estimate of drug-likeness (QED) is 0.0567. The van der Waals surface area contributed by atoms with Gasteiger partial charge in [0.2, 0.25) is 5.91 Å². The van der Waals surface area contributed by atoms with Crippen LogP contribution in [0.15, 0.2) is 144 Å². The van der Waals surface area contributed by atoms with Gasteiger partial charge in [-0.25, -0.2) is 0 Å². The van der Waals surface area contributed by atoms with Gasteiger partial charge in [0.25, 0.3) is 17.5 Å². The standard InChI is InChI=1S/C36H27ClN4O5S/c37-27-15-9-16-29(23-27)39-36(44)33(24-10-3-1-4-11-24)47-30-20-18-28(19-21-30)38-35(43)31(40-34(42)25-12-5-2-6-13-25)22-26-14-7-8-17-32(26)41(45)46/h1-23,33H,(H,38,43)(H,39,44)(H,40,42)/b31-22-. The maximum atomic E-state index is 13.5. The molecule has 0 radical (unpaired) electrons. The van der Waals surface area contributed by atoms with Crippen LogP contribution in [0.1, 0.15) is 26.7 Å². The molecule has 11 heteroatoms. The summed E-state index contributed by atoms with van der Waals surface area (Å²) in [6.45, 7) is 0. The highest BCUT2D eigenvalue weighted by Crippen LogP contribution is 2.37. The van der Waals surface area contributed by atoms with E-state index in [2.05, 4.69) is 16.0 Å². The number of carbonyl (C=O) groups excluding carboxylic acids is 3. The lowest BCUT2D eigenvalue weighted by molar-refractivity contribution is -0.385. The molecule has 234 valence electrons. The van der Waals surface area contributed by atoms with Gasteiger partial charge in [0, 0.05) is 32.9 Å². The van der Waals surface area contributed by atoms with E-state index in [-0.39, 0.29) is 22.9 Å². The Morgan fingerprint density at radius 3 is 2.09 bits per heavy atom. The second-order valence-electron chi connectivity index (χ2n) is 10.1. The first-order chi connectivity index (χ1) is 22.8. The molecule has 5 aromatic rings. The van der Waals surface area contributed by atoms with Gasteiger partial charge >= 0.3 is 0 Å². The second kappa shape index (κ2) is 15.5. The molecule has 0 saturated carbocycles. The van der Waals surface area contributed by atoms with Crippen LogP contribution in [0.4, 0.5) is 17.1 Å². The van der Waals surface area contributed by atoms with Gasteiger partial charge < -0.3 is 16.0 Å². The van der Waals surface area contributed by atoms with Gasteiger partial charge in [-0.05, 0) is 72.3 Å². The number of hydrogen-bond donors (Lipinski definition) is 3. The van der Waals surface area contributed by atoms with Gasteiger partial charge in [0.1, 0.15) is 10.9 Å². The van der Waals surface area contributed by atoms with Gasteiger partial charge in [0.15, 0.2) is 0 Å². The molecule has 0 heterocycles. The number of benzene rings is 5. The van der Waals surface area contributed by atoms with Crippen LogP contribution in [-0.2, 0) is 9.59 Å². The summed E-state index contributed by atoms with van der Waals surface area (Å²) in [7, 11) is 0. The molecule has 0 bridgehead atoms. The number of nitrogens with zero attached hydrogens (tertiary/aromatic N) is 1. The van der Waals surface area contributed by atoms with Crippen molar-refractivity contribution in [1.29, 1.82) is 0 Å². The Morgan fingerprint density at radius 1 is 0.745 bits per heavy atom. The van der Waals surface area contributed by atoms with E-state index in [1.165, 1.54) is 36.0 Å². The predicted molar refractivity (Wildman–Crippen MR) is 185 cm³/mol. The Bertz CT molecular complexity index is 1940. The number of nitro groups is 1. The molecule has 0 saturated heterocycles. The number of anilines is 2. The van der Waals surface area contributed by atoms with E-state index in [1.54, 1.807) is 84.9 Å². The monoisotopic (exact) mass is 662 g/mol. The summed E-state index contributed by atoms with van der Waals surface area (Å²) < 4.78 is 0. The molecule has 47 heavy (non-hydrogen) atoms. The number of halogens is 1. The number of nitro benzene ring substituents is 1. The maximum absolute atomic E-state index is 13.5. The summed E-state index contributed by atoms with van der Waals surface area (Å²) in [5, 5.41) is 19.8. The molecule has 0 aromatic heterocycles. The van der Waals surface area contributed by atoms with Crippen molar-refractivity contribution >= 4 is 64.2 Å². The van der Waals surface area contributed by atoms with E-state index in [1.807, 2.05) is 30.3 Å². The minimum absolute atomic E-state index is 0.144. The lowest BCUT2D eigenvalue weighted by atomic mass is 10.1. The number of rotatable bonds is 11. The Morgan fingerprint density at radius 2 is 1.40 bits per heavy atom. The molecule has 1 atom stereocenters. The lowest BCUT2D eigenvalue weighted by Crippen LogP contribution is -2.30. The zero-order valence-electron chi connectivity index (χ0n) is 24.6. The third kappa shape index (κ3) is 8.94. The predicted octanol–water partition coefficient (Wildman–Crippen LogP) is 8.13. The van der Waals surface area contributed by atoms with Crippen molar-refractivity contribution in [1.82, 2.24) is 5.32 Å². The van der Waals surface area contributed by atoms with Crippen molar-refractivity contribution in [2.75, 3.05) is 10.6 Å². The fourth-order valence-corrected chi connectivity index (χ4v) is 5.71. The summed E-state index contributed by atoms with van der Waals surface area (Å²) in [4.78, 5) is 51.6. The van der Waals surface area contributed by atoms with Crippen LogP contribution in [0, 0.1) is 10.1 Å². The third-order valence-corrected chi connectivity index (χ3v) is 8.26. The van der Waals surface area contributed by atoms with Crippen molar-refractivity contribution in [3.63, 3.8) is 0 Å². The summed E-state index contributed by atoms with van der Waals surface area (Å²) in [6, 6.07) is 37.3. The highest BCUT2D eigenvalue weighted by Gasteiger charge is 2.23. The molecule has 3 amide bonds. The SMILES string of the molecule is O=C(Nc1ccc(SC(C(=O)Nc2cccc(Cl)c2)c2ccccc2)cc1)/C(=C/c1ccccc1[N+](=O)[O-])NC(=O)c1ccccc1. The normalized spacial score (nSPS) is 11.6. The zero-order valence-corrected chi connectivity index (χ0v) is 26.2. The van der Waals surface area contributed by atoms with Crippen LogP contribution in [0.5, 0.6) is 0 Å². The molecular weight excluding hydrogens is 636 g/mol. The van der Waals surface area contributed by atoms with Gasteiger partial charge in [-0.2, -0.15) is 0 Å². The van der Waals surface area contributed by atoms with E-state index in [0.717, 1.165) is 10.5 Å². The number of para-hydroxylation sites is 1. The molecule has 1 unspecified atom stereocenters. The van der Waals surface area contributed by atoms with Crippen molar-refractivity contribution in [2.45, 2.75) is 10.1 Å². The fraction of sp³-hybridized carbons (Fsp3) is 0.0278. The van der Waals surface area contributed by atoms with Gasteiger partial charge in [0.05, 0.1) is 10.5 Å². The molecule has 0 aliphatic heterocycles.